The van der Waals surface area contributed by atoms with Gasteiger partial charge < -0.3 is 10.1 Å². The predicted molar refractivity (Wildman–Crippen MR) is 104 cm³/mol. The molecule has 0 fully saturated rings. The van der Waals surface area contributed by atoms with Crippen LogP contribution in [-0.2, 0) is 19.6 Å². The van der Waals surface area contributed by atoms with Crippen molar-refractivity contribution in [3.63, 3.8) is 0 Å². The molecular weight excluding hydrogens is 402 g/mol. The molecule has 1 amide bonds. The van der Waals surface area contributed by atoms with Gasteiger partial charge in [0.05, 0.1) is 15.4 Å². The predicted octanol–water partition coefficient (Wildman–Crippen LogP) is 2.00. The van der Waals surface area contributed by atoms with Crippen LogP contribution in [-0.4, -0.2) is 38.4 Å². The maximum atomic E-state index is 12.0. The Morgan fingerprint density at radius 2 is 1.79 bits per heavy atom. The summed E-state index contributed by atoms with van der Waals surface area (Å²) < 4.78 is 30.9. The molecule has 2 aromatic carbocycles. The zero-order chi connectivity index (χ0) is 21.6. The Balaban J connectivity index is 1.96. The summed E-state index contributed by atoms with van der Waals surface area (Å²) in [6, 6.07) is 9.23. The van der Waals surface area contributed by atoms with Crippen molar-refractivity contribution >= 4 is 33.3 Å². The van der Waals surface area contributed by atoms with E-state index >= 15 is 0 Å². The van der Waals surface area contributed by atoms with Gasteiger partial charge in [0.15, 0.2) is 6.61 Å². The van der Waals surface area contributed by atoms with Crippen LogP contribution in [0.1, 0.15) is 22.8 Å². The molecule has 0 saturated heterocycles. The summed E-state index contributed by atoms with van der Waals surface area (Å²) in [4.78, 5) is 34.3. The lowest BCUT2D eigenvalue weighted by Crippen LogP contribution is -2.23. The first-order valence-corrected chi connectivity index (χ1v) is 9.94. The normalized spacial score (nSPS) is 11.0. The van der Waals surface area contributed by atoms with E-state index in [9.17, 15) is 28.1 Å². The van der Waals surface area contributed by atoms with Crippen molar-refractivity contribution in [2.24, 2.45) is 0 Å². The van der Waals surface area contributed by atoms with Crippen LogP contribution in [0.5, 0.6) is 0 Å². The van der Waals surface area contributed by atoms with Crippen LogP contribution in [0.4, 0.5) is 11.4 Å². The third-order valence-corrected chi connectivity index (χ3v) is 5.32. The Morgan fingerprint density at radius 1 is 1.14 bits per heavy atom. The number of hydrogen-bond acceptors (Lipinski definition) is 7. The van der Waals surface area contributed by atoms with Crippen LogP contribution in [0.25, 0.3) is 0 Å². The van der Waals surface area contributed by atoms with Gasteiger partial charge in [0.25, 0.3) is 11.6 Å². The van der Waals surface area contributed by atoms with Crippen molar-refractivity contribution in [3.8, 4) is 0 Å². The van der Waals surface area contributed by atoms with E-state index in [0.29, 0.717) is 5.56 Å². The molecule has 0 radical (unpaired) electrons. The van der Waals surface area contributed by atoms with Gasteiger partial charge in [-0.05, 0) is 37.3 Å². The highest BCUT2D eigenvalue weighted by molar-refractivity contribution is 7.89. The topological polar surface area (TPSA) is 145 Å². The smallest absolute Gasteiger partial charge is 0.338 e. The number of sulfonamides is 1. The number of nitro benzene ring substituents is 1. The number of rotatable bonds is 8. The molecule has 0 bridgehead atoms. The number of carbonyl (C=O) groups excluding carboxylic acids is 2. The van der Waals surface area contributed by atoms with Gasteiger partial charge in [-0.15, -0.1) is 0 Å². The number of benzene rings is 2. The number of carbonyl (C=O) groups is 2. The molecule has 154 valence electrons. The number of nitrogens with one attached hydrogen (secondary N) is 2. The van der Waals surface area contributed by atoms with Gasteiger partial charge in [0, 0.05) is 23.9 Å². The van der Waals surface area contributed by atoms with Gasteiger partial charge in [0.1, 0.15) is 0 Å². The Hall–Kier alpha value is -3.31. The Labute approximate surface area is 167 Å². The van der Waals surface area contributed by atoms with Crippen molar-refractivity contribution in [1.82, 2.24) is 4.72 Å². The van der Waals surface area contributed by atoms with Gasteiger partial charge in [-0.3, -0.25) is 14.9 Å². The quantitative estimate of drug-likeness (QED) is 0.377. The summed E-state index contributed by atoms with van der Waals surface area (Å²) in [5.41, 5.74) is 0.562. The van der Waals surface area contributed by atoms with E-state index in [4.69, 9.17) is 4.74 Å². The number of nitrogens with zero attached hydrogens (tertiary/aromatic N) is 1. The second-order valence-electron chi connectivity index (χ2n) is 5.91. The molecule has 0 aromatic heterocycles. The fraction of sp³-hybridized carbons (Fsp3) is 0.222. The number of amides is 1. The van der Waals surface area contributed by atoms with E-state index in [1.807, 2.05) is 0 Å². The van der Waals surface area contributed by atoms with E-state index in [2.05, 4.69) is 10.0 Å². The zero-order valence-corrected chi connectivity index (χ0v) is 16.5. The standard InChI is InChI=1S/C18H19N3O7S/c1-3-19-29(26,27)15-8-5-13(6-9-15)18(23)28-11-17(22)20-14-7-4-12(2)16(10-14)21(24)25/h4-10,19H,3,11H2,1-2H3,(H,20,22). The Bertz CT molecular complexity index is 1030. The summed E-state index contributed by atoms with van der Waals surface area (Å²) in [6.45, 7) is 2.83. The van der Waals surface area contributed by atoms with Crippen molar-refractivity contribution in [3.05, 3.63) is 63.7 Å². The van der Waals surface area contributed by atoms with Gasteiger partial charge >= 0.3 is 5.97 Å². The third-order valence-electron chi connectivity index (χ3n) is 3.76. The first kappa shape index (κ1) is 22.0. The van der Waals surface area contributed by atoms with Crippen molar-refractivity contribution < 1.29 is 27.7 Å². The molecule has 0 heterocycles. The summed E-state index contributed by atoms with van der Waals surface area (Å²) in [5.74, 6) is -1.50. The molecule has 2 rings (SSSR count). The average molecular weight is 421 g/mol. The molecule has 0 aliphatic carbocycles. The average Bonchev–Trinajstić information content (AvgIpc) is 2.67. The van der Waals surface area contributed by atoms with Crippen molar-refractivity contribution in [2.75, 3.05) is 18.5 Å². The van der Waals surface area contributed by atoms with E-state index in [1.54, 1.807) is 13.8 Å². The van der Waals surface area contributed by atoms with Crippen LogP contribution < -0.4 is 10.0 Å². The highest BCUT2D eigenvalue weighted by Crippen LogP contribution is 2.22. The summed E-state index contributed by atoms with van der Waals surface area (Å²) in [7, 11) is -3.64. The molecule has 2 N–H and O–H groups in total. The van der Waals surface area contributed by atoms with Crippen molar-refractivity contribution in [2.45, 2.75) is 18.7 Å². The fourth-order valence-corrected chi connectivity index (χ4v) is 3.38. The molecule has 0 aliphatic rings. The van der Waals surface area contributed by atoms with Crippen LogP contribution in [0.2, 0.25) is 0 Å². The van der Waals surface area contributed by atoms with E-state index in [-0.39, 0.29) is 28.4 Å². The number of esters is 1. The van der Waals surface area contributed by atoms with Crippen molar-refractivity contribution in [1.29, 1.82) is 0 Å². The number of ether oxygens (including phenoxy) is 1. The number of aryl methyl sites for hydroxylation is 1. The van der Waals surface area contributed by atoms with Crippen LogP contribution in [0, 0.1) is 17.0 Å². The van der Waals surface area contributed by atoms with Crippen LogP contribution in [0.15, 0.2) is 47.4 Å². The maximum absolute atomic E-state index is 12.0. The van der Waals surface area contributed by atoms with Gasteiger partial charge in [0.2, 0.25) is 10.0 Å². The highest BCUT2D eigenvalue weighted by atomic mass is 32.2. The highest BCUT2D eigenvalue weighted by Gasteiger charge is 2.16. The number of nitro groups is 1. The fourth-order valence-electron chi connectivity index (χ4n) is 2.34. The zero-order valence-electron chi connectivity index (χ0n) is 15.7. The Morgan fingerprint density at radius 3 is 2.38 bits per heavy atom. The second-order valence-corrected chi connectivity index (χ2v) is 7.68. The van der Waals surface area contributed by atoms with Gasteiger partial charge in [-0.25, -0.2) is 17.9 Å². The lowest BCUT2D eigenvalue weighted by molar-refractivity contribution is -0.385. The molecule has 2 aromatic rings. The summed E-state index contributed by atoms with van der Waals surface area (Å²) in [5, 5.41) is 13.3. The summed E-state index contributed by atoms with van der Waals surface area (Å²) >= 11 is 0. The SMILES string of the molecule is CCNS(=O)(=O)c1ccc(C(=O)OCC(=O)Nc2ccc(C)c([N+](=O)[O-])c2)cc1. The van der Waals surface area contributed by atoms with E-state index in [1.165, 1.54) is 42.5 Å². The number of anilines is 1. The lowest BCUT2D eigenvalue weighted by Gasteiger charge is -2.08. The third kappa shape index (κ3) is 5.83. The minimum absolute atomic E-state index is 0.00499. The molecule has 0 unspecified atom stereocenters. The van der Waals surface area contributed by atoms with E-state index < -0.39 is 33.4 Å². The summed E-state index contributed by atoms with van der Waals surface area (Å²) in [6.07, 6.45) is 0. The first-order chi connectivity index (χ1) is 13.6. The molecule has 0 atom stereocenters. The van der Waals surface area contributed by atoms with Crippen LogP contribution >= 0.6 is 0 Å². The maximum Gasteiger partial charge on any atom is 0.338 e. The molecule has 0 spiro atoms. The lowest BCUT2D eigenvalue weighted by atomic mass is 10.2. The van der Waals surface area contributed by atoms with Crippen LogP contribution in [0.3, 0.4) is 0 Å². The van der Waals surface area contributed by atoms with Gasteiger partial charge in [-0.1, -0.05) is 13.0 Å². The molecule has 10 nitrogen and oxygen atoms in total. The second kappa shape index (κ2) is 9.26. The Kier molecular flexibility index (Phi) is 7.02. The molecule has 29 heavy (non-hydrogen) atoms. The minimum atomic E-state index is -3.64. The van der Waals surface area contributed by atoms with Gasteiger partial charge in [-0.2, -0.15) is 0 Å². The largest absolute Gasteiger partial charge is 0.452 e. The molecule has 11 heteroatoms. The molecule has 0 saturated carbocycles. The monoisotopic (exact) mass is 421 g/mol. The first-order valence-electron chi connectivity index (χ1n) is 8.45. The molecular formula is C18H19N3O7S. The van der Waals surface area contributed by atoms with E-state index in [0.717, 1.165) is 0 Å². The number of hydrogen-bond donors (Lipinski definition) is 2. The minimum Gasteiger partial charge on any atom is -0.452 e. The molecule has 0 aliphatic heterocycles.